The number of hydrogen-bond donors (Lipinski definition) is 0. The molecule has 4 nitrogen and oxygen atoms in total. The van der Waals surface area contributed by atoms with Gasteiger partial charge in [0.1, 0.15) is 11.7 Å². The van der Waals surface area contributed by atoms with Crippen molar-refractivity contribution < 1.29 is 19.1 Å². The fourth-order valence-corrected chi connectivity index (χ4v) is 3.94. The van der Waals surface area contributed by atoms with Crippen LogP contribution in [0, 0.1) is 11.8 Å². The van der Waals surface area contributed by atoms with E-state index in [0.29, 0.717) is 5.92 Å². The van der Waals surface area contributed by atoms with Gasteiger partial charge in [-0.25, -0.2) is 0 Å². The molecule has 2 rings (SSSR count). The summed E-state index contributed by atoms with van der Waals surface area (Å²) in [5.74, 6) is -0.00867. The molecule has 2 aliphatic carbocycles. The van der Waals surface area contributed by atoms with Gasteiger partial charge in [-0.3, -0.25) is 9.59 Å². The molecular formula is C20H34O4. The van der Waals surface area contributed by atoms with Crippen LogP contribution >= 0.6 is 0 Å². The normalized spacial score (nSPS) is 22.0. The molecule has 2 aliphatic rings. The predicted octanol–water partition coefficient (Wildman–Crippen LogP) is 4.79. The predicted molar refractivity (Wildman–Crippen MR) is 93.5 cm³/mol. The number of carbonyl (C=O) groups excluding carboxylic acids is 2. The van der Waals surface area contributed by atoms with Crippen molar-refractivity contribution in [3.05, 3.63) is 0 Å². The second-order valence-electron chi connectivity index (χ2n) is 8.50. The zero-order chi connectivity index (χ0) is 17.6. The summed E-state index contributed by atoms with van der Waals surface area (Å²) in [5.41, 5.74) is -0.498. The fraction of sp³-hybridized carbons (Fsp3) is 0.900. The second kappa shape index (κ2) is 8.87. The molecule has 0 saturated heterocycles. The second-order valence-corrected chi connectivity index (χ2v) is 8.50. The molecule has 0 aromatic rings. The van der Waals surface area contributed by atoms with Crippen LogP contribution in [0.15, 0.2) is 0 Å². The number of carbonyl (C=O) groups is 2. The molecule has 0 aliphatic heterocycles. The van der Waals surface area contributed by atoms with E-state index in [4.69, 9.17) is 9.47 Å². The van der Waals surface area contributed by atoms with Gasteiger partial charge in [-0.05, 0) is 52.4 Å². The average molecular weight is 338 g/mol. The third-order valence-electron chi connectivity index (χ3n) is 5.17. The third kappa shape index (κ3) is 6.45. The van der Waals surface area contributed by atoms with Crippen molar-refractivity contribution in [2.75, 3.05) is 0 Å². The van der Waals surface area contributed by atoms with Gasteiger partial charge in [-0.15, -0.1) is 0 Å². The van der Waals surface area contributed by atoms with Crippen LogP contribution < -0.4 is 0 Å². The molecule has 0 amide bonds. The summed E-state index contributed by atoms with van der Waals surface area (Å²) in [6, 6.07) is 0. The monoisotopic (exact) mass is 338 g/mol. The van der Waals surface area contributed by atoms with Crippen LogP contribution in [0.2, 0.25) is 0 Å². The van der Waals surface area contributed by atoms with Gasteiger partial charge >= 0.3 is 11.9 Å². The Balaban J connectivity index is 1.96. The smallest absolute Gasteiger partial charge is 0.310 e. The first-order chi connectivity index (χ1) is 11.3. The molecule has 138 valence electrons. The first-order valence-corrected chi connectivity index (χ1v) is 9.77. The van der Waals surface area contributed by atoms with E-state index in [1.165, 1.54) is 12.8 Å². The Morgan fingerprint density at radius 1 is 0.917 bits per heavy atom. The standard InChI is InChI=1S/C20H34O4/c1-20(2,3)24-18(21)14-17(15-10-6-4-7-11-15)23-19(22)16-12-8-5-9-13-16/h15-17H,4-14H2,1-3H3. The topological polar surface area (TPSA) is 52.6 Å². The molecule has 0 radical (unpaired) electrons. The molecule has 24 heavy (non-hydrogen) atoms. The fourth-order valence-electron chi connectivity index (χ4n) is 3.94. The molecule has 0 aromatic carbocycles. The molecular weight excluding hydrogens is 304 g/mol. The van der Waals surface area contributed by atoms with Crippen molar-refractivity contribution >= 4 is 11.9 Å². The van der Waals surface area contributed by atoms with Crippen molar-refractivity contribution in [2.45, 2.75) is 103 Å². The third-order valence-corrected chi connectivity index (χ3v) is 5.17. The van der Waals surface area contributed by atoms with Crippen molar-refractivity contribution in [1.82, 2.24) is 0 Å². The number of rotatable bonds is 5. The average Bonchev–Trinajstić information content (AvgIpc) is 2.54. The molecule has 0 spiro atoms. The Hall–Kier alpha value is -1.06. The highest BCUT2D eigenvalue weighted by Gasteiger charge is 2.33. The summed E-state index contributed by atoms with van der Waals surface area (Å²) < 4.78 is 11.3. The van der Waals surface area contributed by atoms with Gasteiger partial charge in [0.05, 0.1) is 12.3 Å². The summed E-state index contributed by atoms with van der Waals surface area (Å²) in [7, 11) is 0. The van der Waals surface area contributed by atoms with Crippen LogP contribution in [0.4, 0.5) is 0 Å². The van der Waals surface area contributed by atoms with E-state index in [1.807, 2.05) is 20.8 Å². The zero-order valence-electron chi connectivity index (χ0n) is 15.6. The quantitative estimate of drug-likeness (QED) is 0.676. The summed E-state index contributed by atoms with van der Waals surface area (Å²) in [5, 5.41) is 0. The van der Waals surface area contributed by atoms with Gasteiger partial charge in [0, 0.05) is 0 Å². The van der Waals surface area contributed by atoms with Crippen LogP contribution in [0.5, 0.6) is 0 Å². The van der Waals surface area contributed by atoms with Crippen molar-refractivity contribution in [3.63, 3.8) is 0 Å². The van der Waals surface area contributed by atoms with Gasteiger partial charge in [0.25, 0.3) is 0 Å². The molecule has 2 fully saturated rings. The SMILES string of the molecule is CC(C)(C)OC(=O)CC(OC(=O)C1CCCCC1)C1CCCCC1. The minimum atomic E-state index is -0.498. The lowest BCUT2D eigenvalue weighted by Gasteiger charge is -2.32. The van der Waals surface area contributed by atoms with Crippen LogP contribution in [-0.2, 0) is 19.1 Å². The Labute approximate surface area is 146 Å². The summed E-state index contributed by atoms with van der Waals surface area (Å²) in [4.78, 5) is 24.8. The Kier molecular flexibility index (Phi) is 7.12. The van der Waals surface area contributed by atoms with Gasteiger partial charge in [-0.2, -0.15) is 0 Å². The van der Waals surface area contributed by atoms with E-state index in [2.05, 4.69) is 0 Å². The highest BCUT2D eigenvalue weighted by atomic mass is 16.6. The largest absolute Gasteiger partial charge is 0.461 e. The van der Waals surface area contributed by atoms with E-state index < -0.39 is 5.60 Å². The molecule has 0 bridgehead atoms. The molecule has 0 heterocycles. The minimum Gasteiger partial charge on any atom is -0.461 e. The molecule has 1 atom stereocenters. The number of hydrogen-bond acceptors (Lipinski definition) is 4. The summed E-state index contributed by atoms with van der Waals surface area (Å²) in [6.45, 7) is 5.61. The lowest BCUT2D eigenvalue weighted by molar-refractivity contribution is -0.167. The lowest BCUT2D eigenvalue weighted by atomic mass is 9.83. The van der Waals surface area contributed by atoms with E-state index in [-0.39, 0.29) is 30.4 Å². The van der Waals surface area contributed by atoms with E-state index >= 15 is 0 Å². The number of esters is 2. The Morgan fingerprint density at radius 3 is 2.00 bits per heavy atom. The zero-order valence-corrected chi connectivity index (χ0v) is 15.6. The molecule has 0 N–H and O–H groups in total. The highest BCUT2D eigenvalue weighted by molar-refractivity contribution is 5.74. The van der Waals surface area contributed by atoms with Crippen molar-refractivity contribution in [2.24, 2.45) is 11.8 Å². The first-order valence-electron chi connectivity index (χ1n) is 9.77. The van der Waals surface area contributed by atoms with E-state index in [0.717, 1.165) is 51.4 Å². The first kappa shape index (κ1) is 19.3. The Morgan fingerprint density at radius 2 is 1.46 bits per heavy atom. The Bertz CT molecular complexity index is 412. The maximum Gasteiger partial charge on any atom is 0.310 e. The highest BCUT2D eigenvalue weighted by Crippen LogP contribution is 2.32. The minimum absolute atomic E-state index is 0.0310. The van der Waals surface area contributed by atoms with Crippen molar-refractivity contribution in [1.29, 1.82) is 0 Å². The molecule has 1 unspecified atom stereocenters. The maximum absolute atomic E-state index is 12.5. The lowest BCUT2D eigenvalue weighted by Crippen LogP contribution is -2.35. The van der Waals surface area contributed by atoms with Gasteiger partial charge in [-0.1, -0.05) is 38.5 Å². The summed E-state index contributed by atoms with van der Waals surface area (Å²) in [6.07, 6.45) is 10.9. The van der Waals surface area contributed by atoms with E-state index in [9.17, 15) is 9.59 Å². The molecule has 2 saturated carbocycles. The van der Waals surface area contributed by atoms with Crippen LogP contribution in [0.3, 0.4) is 0 Å². The van der Waals surface area contributed by atoms with Gasteiger partial charge < -0.3 is 9.47 Å². The maximum atomic E-state index is 12.5. The van der Waals surface area contributed by atoms with Crippen LogP contribution in [0.25, 0.3) is 0 Å². The van der Waals surface area contributed by atoms with Crippen LogP contribution in [0.1, 0.15) is 91.4 Å². The molecule has 4 heteroatoms. The van der Waals surface area contributed by atoms with Gasteiger partial charge in [0.2, 0.25) is 0 Å². The number of ether oxygens (including phenoxy) is 2. The summed E-state index contributed by atoms with van der Waals surface area (Å²) >= 11 is 0. The van der Waals surface area contributed by atoms with E-state index in [1.54, 1.807) is 0 Å². The van der Waals surface area contributed by atoms with Gasteiger partial charge in [0.15, 0.2) is 0 Å². The van der Waals surface area contributed by atoms with Crippen molar-refractivity contribution in [3.8, 4) is 0 Å². The van der Waals surface area contributed by atoms with Crippen LogP contribution in [-0.4, -0.2) is 23.6 Å². The molecule has 0 aromatic heterocycles.